The molecule has 27 heavy (non-hydrogen) atoms. The second-order valence-electron chi connectivity index (χ2n) is 9.18. The highest BCUT2D eigenvalue weighted by Crippen LogP contribution is 2.56. The lowest BCUT2D eigenvalue weighted by Crippen LogP contribution is -2.59. The number of nitrogens with zero attached hydrogens (tertiary/aromatic N) is 1. The van der Waals surface area contributed by atoms with Crippen molar-refractivity contribution >= 4 is 40.3 Å². The average Bonchev–Trinajstić information content (AvgIpc) is 3.04. The molecule has 4 fully saturated rings. The van der Waals surface area contributed by atoms with Crippen LogP contribution in [-0.2, 0) is 0 Å². The van der Waals surface area contributed by atoms with E-state index < -0.39 is 0 Å². The van der Waals surface area contributed by atoms with Gasteiger partial charge in [0.05, 0.1) is 11.4 Å². The van der Waals surface area contributed by atoms with E-state index in [0.717, 1.165) is 28.8 Å². The van der Waals surface area contributed by atoms with Gasteiger partial charge in [-0.1, -0.05) is 30.4 Å². The molecule has 4 saturated carbocycles. The summed E-state index contributed by atoms with van der Waals surface area (Å²) in [6, 6.07) is 8.74. The zero-order valence-electron chi connectivity index (χ0n) is 15.5. The summed E-state index contributed by atoms with van der Waals surface area (Å²) >= 11 is 0. The molecule has 0 spiro atoms. The van der Waals surface area contributed by atoms with Gasteiger partial charge < -0.3 is 16.4 Å². The fourth-order valence-electron chi connectivity index (χ4n) is 7.02. The average molecular weight is 358 g/mol. The molecule has 0 aromatic heterocycles. The van der Waals surface area contributed by atoms with Crippen molar-refractivity contribution in [2.24, 2.45) is 29.4 Å². The van der Waals surface area contributed by atoms with Crippen molar-refractivity contribution in [3.05, 3.63) is 35.4 Å². The van der Waals surface area contributed by atoms with Crippen LogP contribution in [0.3, 0.4) is 0 Å². The number of hydrogen-bond donors (Lipinski definition) is 3. The van der Waals surface area contributed by atoms with Crippen LogP contribution in [0.1, 0.15) is 43.2 Å². The molecule has 0 amide bonds. The number of benzene rings is 2. The van der Waals surface area contributed by atoms with Gasteiger partial charge in [0.1, 0.15) is 0 Å². The van der Waals surface area contributed by atoms with Gasteiger partial charge in [0.2, 0.25) is 0 Å². The Morgan fingerprint density at radius 1 is 1.00 bits per heavy atom. The summed E-state index contributed by atoms with van der Waals surface area (Å²) in [6.45, 7) is 0. The predicted octanol–water partition coefficient (Wildman–Crippen LogP) is 4.43. The maximum atomic E-state index is 8.48. The fourth-order valence-corrected chi connectivity index (χ4v) is 7.02. The number of rotatable bonds is 2. The summed E-state index contributed by atoms with van der Waals surface area (Å²) in [6.07, 6.45) is 10.9. The quantitative estimate of drug-likeness (QED) is 0.360. The molecule has 2 aromatic carbocycles. The Labute approximate surface area is 159 Å². The lowest BCUT2D eigenvalue weighted by Gasteiger charge is -2.57. The van der Waals surface area contributed by atoms with Crippen molar-refractivity contribution < 1.29 is 0 Å². The first-order chi connectivity index (χ1) is 13.1. The highest BCUT2D eigenvalue weighted by Gasteiger charge is 2.51. The van der Waals surface area contributed by atoms with E-state index in [0.29, 0.717) is 17.9 Å². The summed E-state index contributed by atoms with van der Waals surface area (Å²) in [5, 5.41) is 10.9. The van der Waals surface area contributed by atoms with Crippen LogP contribution in [0.25, 0.3) is 22.9 Å². The summed E-state index contributed by atoms with van der Waals surface area (Å²) in [5.74, 6) is 3.23. The first-order valence-corrected chi connectivity index (χ1v) is 10.3. The summed E-state index contributed by atoms with van der Waals surface area (Å²) < 4.78 is 0. The zero-order valence-corrected chi connectivity index (χ0v) is 15.5. The van der Waals surface area contributed by atoms with E-state index in [1.807, 2.05) is 0 Å². The van der Waals surface area contributed by atoms with Gasteiger partial charge in [0.15, 0.2) is 5.96 Å². The molecule has 0 unspecified atom stereocenters. The molecule has 0 radical (unpaired) electrons. The summed E-state index contributed by atoms with van der Waals surface area (Å²) in [7, 11) is 0. The Morgan fingerprint density at radius 3 is 2.37 bits per heavy atom. The Morgan fingerprint density at radius 2 is 1.70 bits per heavy atom. The first-order valence-electron chi connectivity index (χ1n) is 10.3. The maximum absolute atomic E-state index is 8.48. The van der Waals surface area contributed by atoms with Gasteiger partial charge in [-0.2, -0.15) is 0 Å². The van der Waals surface area contributed by atoms with Crippen molar-refractivity contribution in [2.75, 3.05) is 10.6 Å². The highest BCUT2D eigenvalue weighted by atomic mass is 15.3. The molecule has 4 nitrogen and oxygen atoms in total. The minimum Gasteiger partial charge on any atom is -0.397 e. The van der Waals surface area contributed by atoms with E-state index in [2.05, 4.69) is 41.3 Å². The third-order valence-corrected chi connectivity index (χ3v) is 7.64. The van der Waals surface area contributed by atoms with Crippen LogP contribution in [0, 0.1) is 29.1 Å². The number of nitrogens with two attached hydrogens (primary N) is 2. The van der Waals surface area contributed by atoms with E-state index in [4.69, 9.17) is 16.9 Å². The van der Waals surface area contributed by atoms with Crippen molar-refractivity contribution in [1.29, 1.82) is 5.41 Å². The Kier molecular flexibility index (Phi) is 3.04. The minimum atomic E-state index is 0.146. The molecule has 5 aliphatic rings. The van der Waals surface area contributed by atoms with Crippen molar-refractivity contribution in [3.63, 3.8) is 0 Å². The third-order valence-electron chi connectivity index (χ3n) is 7.64. The van der Waals surface area contributed by atoms with Crippen molar-refractivity contribution in [2.45, 2.75) is 38.1 Å². The predicted molar refractivity (Wildman–Crippen MR) is 113 cm³/mol. The molecule has 138 valence electrons. The number of anilines is 2. The van der Waals surface area contributed by atoms with Gasteiger partial charge in [0.25, 0.3) is 0 Å². The smallest absolute Gasteiger partial charge is 0.193 e. The molecule has 5 N–H and O–H groups in total. The second kappa shape index (κ2) is 5.28. The van der Waals surface area contributed by atoms with Crippen LogP contribution in [0.2, 0.25) is 0 Å². The molecule has 0 heterocycles. The molecule has 0 saturated heterocycles. The van der Waals surface area contributed by atoms with E-state index in [9.17, 15) is 0 Å². The topological polar surface area (TPSA) is 79.1 Å². The molecule has 0 aliphatic heterocycles. The Balaban J connectivity index is 1.54. The monoisotopic (exact) mass is 358 g/mol. The van der Waals surface area contributed by atoms with Crippen LogP contribution in [0.15, 0.2) is 24.3 Å². The lowest BCUT2D eigenvalue weighted by molar-refractivity contribution is 0.00132. The molecule has 0 atom stereocenters. The molecule has 7 rings (SSSR count). The van der Waals surface area contributed by atoms with Gasteiger partial charge in [-0.3, -0.25) is 5.41 Å². The van der Waals surface area contributed by atoms with E-state index in [1.165, 1.54) is 48.4 Å². The summed E-state index contributed by atoms with van der Waals surface area (Å²) in [5.41, 5.74) is 16.9. The molecule has 4 bridgehead atoms. The molecule has 5 aliphatic carbocycles. The number of nitrogens with one attached hydrogen (secondary N) is 1. The third kappa shape index (κ3) is 2.07. The molecule has 2 aromatic rings. The van der Waals surface area contributed by atoms with Gasteiger partial charge in [0, 0.05) is 11.6 Å². The standard InChI is InChI=1S/C23H26N4/c24-19-11-15-3-1-2-14-4-5-18(20(14)15)22(19)27(23(25)26)21-16-7-12-6-13(9-16)10-17(21)8-12/h1-5,11-13,16-17,21H,6-10,24H2,(H3,25,26). The van der Waals surface area contributed by atoms with E-state index in [-0.39, 0.29) is 5.96 Å². The largest absolute Gasteiger partial charge is 0.397 e. The normalized spacial score (nSPS) is 32.4. The van der Waals surface area contributed by atoms with E-state index in [1.54, 1.807) is 0 Å². The number of guanidine groups is 1. The van der Waals surface area contributed by atoms with Gasteiger partial charge in [-0.15, -0.1) is 0 Å². The molecular formula is C23H26N4. The van der Waals surface area contributed by atoms with Crippen LogP contribution in [0.5, 0.6) is 0 Å². The van der Waals surface area contributed by atoms with Crippen molar-refractivity contribution in [3.8, 4) is 0 Å². The SMILES string of the molecule is N=C(N)N(c1c(N)cc2cccc3c2c1C=C3)C1C2CC3CC(C2)CC1C3. The fraction of sp³-hybridized carbons (Fsp3) is 0.435. The van der Waals surface area contributed by atoms with Crippen LogP contribution in [-0.4, -0.2) is 12.0 Å². The summed E-state index contributed by atoms with van der Waals surface area (Å²) in [4.78, 5) is 2.11. The Bertz CT molecular complexity index is 977. The van der Waals surface area contributed by atoms with Gasteiger partial charge in [-0.25, -0.2) is 0 Å². The van der Waals surface area contributed by atoms with Crippen molar-refractivity contribution in [1.82, 2.24) is 0 Å². The maximum Gasteiger partial charge on any atom is 0.193 e. The van der Waals surface area contributed by atoms with Gasteiger partial charge in [-0.05, 0) is 78.2 Å². The van der Waals surface area contributed by atoms with Gasteiger partial charge >= 0.3 is 0 Å². The second-order valence-corrected chi connectivity index (χ2v) is 9.18. The first kappa shape index (κ1) is 15.6. The van der Waals surface area contributed by atoms with Crippen LogP contribution in [0.4, 0.5) is 11.4 Å². The minimum absolute atomic E-state index is 0.146. The lowest BCUT2D eigenvalue weighted by atomic mass is 9.54. The number of hydrogen-bond acceptors (Lipinski definition) is 2. The Hall–Kier alpha value is -2.49. The number of nitrogen functional groups attached to an aromatic ring is 1. The highest BCUT2D eigenvalue weighted by molar-refractivity contribution is 6.14. The van der Waals surface area contributed by atoms with Crippen LogP contribution < -0.4 is 16.4 Å². The molecule has 4 heteroatoms. The molecular weight excluding hydrogens is 332 g/mol. The van der Waals surface area contributed by atoms with Crippen LogP contribution >= 0.6 is 0 Å². The van der Waals surface area contributed by atoms with E-state index >= 15 is 0 Å². The zero-order chi connectivity index (χ0) is 18.3.